The van der Waals surface area contributed by atoms with E-state index in [1.54, 1.807) is 0 Å². The standard InChI is InChI=1S/C22H36N4O/c1-23-22(25(2)16-19-13-14-27-17-19)24-15-18-9-11-21(12-10-18)26(3)20-7-5-4-6-8-20/h9-12,19-20H,4-8,13-17H2,1-3H3,(H,23,24). The van der Waals surface area contributed by atoms with Crippen molar-refractivity contribution in [1.82, 2.24) is 10.2 Å². The lowest BCUT2D eigenvalue weighted by atomic mass is 9.94. The Morgan fingerprint density at radius 2 is 1.85 bits per heavy atom. The molecule has 150 valence electrons. The van der Waals surface area contributed by atoms with E-state index >= 15 is 0 Å². The fraction of sp³-hybridized carbons (Fsp3) is 0.682. The molecule has 27 heavy (non-hydrogen) atoms. The van der Waals surface area contributed by atoms with Crippen molar-refractivity contribution in [2.45, 2.75) is 51.1 Å². The van der Waals surface area contributed by atoms with Crippen LogP contribution in [-0.4, -0.2) is 57.8 Å². The minimum atomic E-state index is 0.614. The van der Waals surface area contributed by atoms with Gasteiger partial charge in [-0.3, -0.25) is 4.99 Å². The number of rotatable bonds is 6. The molecule has 1 atom stereocenters. The first-order valence-corrected chi connectivity index (χ1v) is 10.5. The molecule has 1 N–H and O–H groups in total. The fourth-order valence-electron chi connectivity index (χ4n) is 4.30. The van der Waals surface area contributed by atoms with Crippen LogP contribution in [0.3, 0.4) is 0 Å². The summed E-state index contributed by atoms with van der Waals surface area (Å²) in [5.41, 5.74) is 2.61. The average Bonchev–Trinajstić information content (AvgIpc) is 3.22. The van der Waals surface area contributed by atoms with E-state index < -0.39 is 0 Å². The Hall–Kier alpha value is -1.75. The van der Waals surface area contributed by atoms with Crippen LogP contribution in [0.2, 0.25) is 0 Å². The predicted octanol–water partition coefficient (Wildman–Crippen LogP) is 3.50. The molecule has 0 amide bonds. The lowest BCUT2D eigenvalue weighted by molar-refractivity contribution is 0.181. The summed E-state index contributed by atoms with van der Waals surface area (Å²) in [5, 5.41) is 3.49. The molecule has 3 rings (SSSR count). The van der Waals surface area contributed by atoms with Gasteiger partial charge in [0.1, 0.15) is 0 Å². The van der Waals surface area contributed by atoms with Gasteiger partial charge >= 0.3 is 0 Å². The van der Waals surface area contributed by atoms with E-state index in [0.29, 0.717) is 12.0 Å². The number of ether oxygens (including phenoxy) is 1. The highest BCUT2D eigenvalue weighted by Gasteiger charge is 2.20. The van der Waals surface area contributed by atoms with Gasteiger partial charge in [0.2, 0.25) is 0 Å². The number of guanidine groups is 1. The average molecular weight is 373 g/mol. The van der Waals surface area contributed by atoms with Crippen LogP contribution in [-0.2, 0) is 11.3 Å². The number of nitrogens with zero attached hydrogens (tertiary/aromatic N) is 3. The van der Waals surface area contributed by atoms with Crippen LogP contribution < -0.4 is 10.2 Å². The maximum absolute atomic E-state index is 5.48. The molecule has 5 nitrogen and oxygen atoms in total. The summed E-state index contributed by atoms with van der Waals surface area (Å²) < 4.78 is 5.48. The topological polar surface area (TPSA) is 40.1 Å². The van der Waals surface area contributed by atoms with Gasteiger partial charge in [0, 0.05) is 58.5 Å². The van der Waals surface area contributed by atoms with Crippen LogP contribution in [0, 0.1) is 5.92 Å². The van der Waals surface area contributed by atoms with Crippen molar-refractivity contribution in [2.24, 2.45) is 10.9 Å². The maximum atomic E-state index is 5.48. The van der Waals surface area contributed by atoms with Crippen molar-refractivity contribution in [2.75, 3.05) is 45.8 Å². The highest BCUT2D eigenvalue weighted by Crippen LogP contribution is 2.26. The lowest BCUT2D eigenvalue weighted by Gasteiger charge is -2.33. The number of anilines is 1. The molecule has 2 aliphatic rings. The third-order valence-corrected chi connectivity index (χ3v) is 6.05. The summed E-state index contributed by atoms with van der Waals surface area (Å²) in [5.74, 6) is 1.56. The largest absolute Gasteiger partial charge is 0.381 e. The molecule has 1 saturated carbocycles. The Morgan fingerprint density at radius 3 is 2.48 bits per heavy atom. The minimum absolute atomic E-state index is 0.614. The molecule has 1 saturated heterocycles. The molecule has 0 aromatic heterocycles. The van der Waals surface area contributed by atoms with Crippen LogP contribution in [0.5, 0.6) is 0 Å². The smallest absolute Gasteiger partial charge is 0.193 e. The zero-order valence-corrected chi connectivity index (χ0v) is 17.3. The first-order valence-electron chi connectivity index (χ1n) is 10.5. The molecule has 1 unspecified atom stereocenters. The van der Waals surface area contributed by atoms with Crippen LogP contribution in [0.1, 0.15) is 44.1 Å². The molecule has 1 heterocycles. The van der Waals surface area contributed by atoms with Gasteiger partial charge in [0.05, 0.1) is 6.61 Å². The van der Waals surface area contributed by atoms with Crippen molar-refractivity contribution < 1.29 is 4.74 Å². The molecule has 1 aliphatic heterocycles. The molecule has 5 heteroatoms. The van der Waals surface area contributed by atoms with E-state index in [-0.39, 0.29) is 0 Å². The van der Waals surface area contributed by atoms with Crippen molar-refractivity contribution in [3.05, 3.63) is 29.8 Å². The summed E-state index contributed by atoms with van der Waals surface area (Å²) in [6.45, 7) is 3.56. The van der Waals surface area contributed by atoms with Crippen molar-refractivity contribution in [1.29, 1.82) is 0 Å². The summed E-state index contributed by atoms with van der Waals surface area (Å²) in [6, 6.07) is 9.69. The van der Waals surface area contributed by atoms with E-state index in [0.717, 1.165) is 38.7 Å². The number of hydrogen-bond acceptors (Lipinski definition) is 3. The van der Waals surface area contributed by atoms with Crippen LogP contribution in [0.15, 0.2) is 29.3 Å². The number of benzene rings is 1. The monoisotopic (exact) mass is 372 g/mol. The zero-order valence-electron chi connectivity index (χ0n) is 17.3. The normalized spacial score (nSPS) is 21.3. The summed E-state index contributed by atoms with van der Waals surface area (Å²) >= 11 is 0. The van der Waals surface area contributed by atoms with Crippen molar-refractivity contribution in [3.8, 4) is 0 Å². The molecule has 1 aromatic rings. The van der Waals surface area contributed by atoms with E-state index in [9.17, 15) is 0 Å². The molecular weight excluding hydrogens is 336 g/mol. The SMILES string of the molecule is CN=C(NCc1ccc(N(C)C2CCCCC2)cc1)N(C)CC1CCOC1. The first-order chi connectivity index (χ1) is 13.2. The Balaban J connectivity index is 1.49. The second kappa shape index (κ2) is 9.98. The molecular formula is C22H36N4O. The van der Waals surface area contributed by atoms with Gasteiger partial charge < -0.3 is 19.9 Å². The second-order valence-electron chi connectivity index (χ2n) is 8.08. The third-order valence-electron chi connectivity index (χ3n) is 6.05. The van der Waals surface area contributed by atoms with Gasteiger partial charge in [-0.25, -0.2) is 0 Å². The van der Waals surface area contributed by atoms with Gasteiger partial charge in [-0.15, -0.1) is 0 Å². The van der Waals surface area contributed by atoms with Gasteiger partial charge in [-0.05, 0) is 37.0 Å². The Labute approximate surface area is 164 Å². The van der Waals surface area contributed by atoms with E-state index in [2.05, 4.69) is 58.5 Å². The molecule has 0 radical (unpaired) electrons. The fourth-order valence-corrected chi connectivity index (χ4v) is 4.30. The number of aliphatic imine (C=N–C) groups is 1. The van der Waals surface area contributed by atoms with E-state index in [1.807, 2.05) is 7.05 Å². The molecule has 0 spiro atoms. The summed E-state index contributed by atoms with van der Waals surface area (Å²) in [7, 11) is 6.20. The van der Waals surface area contributed by atoms with Gasteiger partial charge in [-0.2, -0.15) is 0 Å². The minimum Gasteiger partial charge on any atom is -0.381 e. The highest BCUT2D eigenvalue weighted by molar-refractivity contribution is 5.79. The summed E-state index contributed by atoms with van der Waals surface area (Å²) in [4.78, 5) is 9.11. The lowest BCUT2D eigenvalue weighted by Crippen LogP contribution is -2.41. The molecule has 1 aromatic carbocycles. The quantitative estimate of drug-likeness (QED) is 0.613. The van der Waals surface area contributed by atoms with Gasteiger partial charge in [-0.1, -0.05) is 31.4 Å². The van der Waals surface area contributed by atoms with Crippen LogP contribution in [0.4, 0.5) is 5.69 Å². The summed E-state index contributed by atoms with van der Waals surface area (Å²) in [6.07, 6.45) is 7.95. The number of nitrogens with one attached hydrogen (secondary N) is 1. The van der Waals surface area contributed by atoms with E-state index in [4.69, 9.17) is 4.74 Å². The second-order valence-corrected chi connectivity index (χ2v) is 8.08. The van der Waals surface area contributed by atoms with Gasteiger partial charge in [0.25, 0.3) is 0 Å². The van der Waals surface area contributed by atoms with Crippen LogP contribution >= 0.6 is 0 Å². The molecule has 1 aliphatic carbocycles. The van der Waals surface area contributed by atoms with E-state index in [1.165, 1.54) is 43.4 Å². The Kier molecular flexibility index (Phi) is 7.39. The highest BCUT2D eigenvalue weighted by atomic mass is 16.5. The maximum Gasteiger partial charge on any atom is 0.193 e. The first kappa shape index (κ1) is 20.0. The molecule has 2 fully saturated rings. The predicted molar refractivity (Wildman–Crippen MR) is 113 cm³/mol. The Bertz CT molecular complexity index is 589. The zero-order chi connectivity index (χ0) is 19.1. The number of hydrogen-bond donors (Lipinski definition) is 1. The van der Waals surface area contributed by atoms with Gasteiger partial charge in [0.15, 0.2) is 5.96 Å². The van der Waals surface area contributed by atoms with Crippen molar-refractivity contribution >= 4 is 11.6 Å². The van der Waals surface area contributed by atoms with Crippen LogP contribution in [0.25, 0.3) is 0 Å². The Morgan fingerprint density at radius 1 is 1.11 bits per heavy atom. The van der Waals surface area contributed by atoms with Crippen molar-refractivity contribution in [3.63, 3.8) is 0 Å². The third kappa shape index (κ3) is 5.61. The molecule has 0 bridgehead atoms.